The fourth-order valence-corrected chi connectivity index (χ4v) is 2.67. The molecule has 2 bridgehead atoms. The molecule has 1 aromatic rings. The molecule has 114 valence electrons. The smallest absolute Gasteiger partial charge is 0.282 e. The molecule has 0 saturated carbocycles. The molecule has 0 spiro atoms. The Morgan fingerprint density at radius 2 is 2.00 bits per heavy atom. The van der Waals surface area contributed by atoms with Crippen LogP contribution in [0.4, 0.5) is 0 Å². The second-order valence-electron chi connectivity index (χ2n) is 5.54. The Hall–Kier alpha value is -1.20. The Kier molecular flexibility index (Phi) is 4.40. The first-order valence-corrected chi connectivity index (χ1v) is 7.49. The van der Waals surface area contributed by atoms with Crippen LogP contribution in [0, 0.1) is 5.92 Å². The van der Waals surface area contributed by atoms with Crippen LogP contribution < -0.4 is 0 Å². The van der Waals surface area contributed by atoms with E-state index in [0.29, 0.717) is 32.8 Å². The average molecular weight is 290 g/mol. The molecule has 0 radical (unpaired) electrons. The summed E-state index contributed by atoms with van der Waals surface area (Å²) in [5, 5.41) is 0. The molecule has 0 amide bonds. The third-order valence-electron chi connectivity index (χ3n) is 4.09. The van der Waals surface area contributed by atoms with Crippen LogP contribution in [0.25, 0.3) is 6.08 Å². The van der Waals surface area contributed by atoms with Crippen molar-refractivity contribution in [1.82, 2.24) is 0 Å². The van der Waals surface area contributed by atoms with E-state index in [-0.39, 0.29) is 12.0 Å². The second kappa shape index (κ2) is 6.28. The van der Waals surface area contributed by atoms with Gasteiger partial charge in [0.15, 0.2) is 0 Å². The highest BCUT2D eigenvalue weighted by Gasteiger charge is 2.48. The highest BCUT2D eigenvalue weighted by atomic mass is 16.9. The van der Waals surface area contributed by atoms with E-state index >= 15 is 0 Å². The zero-order chi connectivity index (χ0) is 14.7. The highest BCUT2D eigenvalue weighted by Crippen LogP contribution is 2.36. The number of rotatable bonds is 6. The van der Waals surface area contributed by atoms with Gasteiger partial charge < -0.3 is 18.9 Å². The minimum Gasteiger partial charge on any atom is -0.374 e. The zero-order valence-corrected chi connectivity index (χ0v) is 12.4. The molecule has 4 rings (SSSR count). The summed E-state index contributed by atoms with van der Waals surface area (Å²) in [7, 11) is 0. The van der Waals surface area contributed by atoms with Crippen LogP contribution >= 0.6 is 0 Å². The highest BCUT2D eigenvalue weighted by molar-refractivity contribution is 5.47. The van der Waals surface area contributed by atoms with Crippen molar-refractivity contribution in [3.8, 4) is 0 Å². The summed E-state index contributed by atoms with van der Waals surface area (Å²) in [6.07, 6.45) is 2.58. The van der Waals surface area contributed by atoms with Gasteiger partial charge in [-0.3, -0.25) is 0 Å². The monoisotopic (exact) mass is 290 g/mol. The number of hydrogen-bond acceptors (Lipinski definition) is 4. The molecule has 3 aliphatic rings. The third kappa shape index (κ3) is 3.19. The first-order chi connectivity index (χ1) is 10.2. The van der Waals surface area contributed by atoms with Gasteiger partial charge >= 0.3 is 0 Å². The molecule has 3 saturated heterocycles. The van der Waals surface area contributed by atoms with Crippen LogP contribution in [-0.4, -0.2) is 31.9 Å². The summed E-state index contributed by atoms with van der Waals surface area (Å²) in [6.45, 7) is 8.29. The van der Waals surface area contributed by atoms with E-state index in [2.05, 4.69) is 18.7 Å². The van der Waals surface area contributed by atoms with Gasteiger partial charge in [-0.05, 0) is 11.1 Å². The summed E-state index contributed by atoms with van der Waals surface area (Å²) < 4.78 is 23.0. The lowest BCUT2D eigenvalue weighted by Gasteiger charge is -2.49. The van der Waals surface area contributed by atoms with Gasteiger partial charge in [-0.1, -0.05) is 43.8 Å². The van der Waals surface area contributed by atoms with E-state index in [4.69, 9.17) is 18.9 Å². The Morgan fingerprint density at radius 1 is 1.29 bits per heavy atom. The Balaban J connectivity index is 1.50. The van der Waals surface area contributed by atoms with Crippen LogP contribution in [0.5, 0.6) is 0 Å². The fourth-order valence-electron chi connectivity index (χ4n) is 2.67. The van der Waals surface area contributed by atoms with E-state index in [1.807, 2.05) is 25.1 Å². The lowest BCUT2D eigenvalue weighted by atomic mass is 10.0. The van der Waals surface area contributed by atoms with E-state index in [0.717, 1.165) is 11.1 Å². The van der Waals surface area contributed by atoms with Crippen LogP contribution in [0.3, 0.4) is 0 Å². The maximum absolute atomic E-state index is 5.91. The molecular formula is C17H22O4. The fraction of sp³-hybridized carbons (Fsp3) is 0.529. The van der Waals surface area contributed by atoms with Crippen LogP contribution in [0.15, 0.2) is 30.8 Å². The minimum absolute atomic E-state index is 0.0555. The summed E-state index contributed by atoms with van der Waals surface area (Å²) in [6, 6.07) is 8.20. The maximum Gasteiger partial charge on any atom is 0.282 e. The van der Waals surface area contributed by atoms with E-state index < -0.39 is 5.97 Å². The van der Waals surface area contributed by atoms with Crippen molar-refractivity contribution in [2.24, 2.45) is 5.92 Å². The SMILES string of the molecule is C=Cc1ccc(COCC2OC3(CC)OCC2CO3)cc1. The number of benzene rings is 1. The van der Waals surface area contributed by atoms with E-state index in [1.54, 1.807) is 0 Å². The number of hydrogen-bond donors (Lipinski definition) is 0. The number of fused-ring (bicyclic) bond motifs is 3. The summed E-state index contributed by atoms with van der Waals surface area (Å²) in [5.74, 6) is -0.574. The van der Waals surface area contributed by atoms with Gasteiger partial charge in [0.1, 0.15) is 0 Å². The van der Waals surface area contributed by atoms with Crippen molar-refractivity contribution >= 4 is 6.08 Å². The molecular weight excluding hydrogens is 268 g/mol. The normalized spacial score (nSPS) is 31.3. The molecule has 1 aromatic carbocycles. The molecule has 4 heteroatoms. The molecule has 21 heavy (non-hydrogen) atoms. The summed E-state index contributed by atoms with van der Waals surface area (Å²) >= 11 is 0. The predicted molar refractivity (Wildman–Crippen MR) is 79.5 cm³/mol. The molecule has 1 unspecified atom stereocenters. The molecule has 0 aliphatic carbocycles. The Bertz CT molecular complexity index is 474. The van der Waals surface area contributed by atoms with E-state index in [1.165, 1.54) is 0 Å². The molecule has 3 aliphatic heterocycles. The molecule has 0 aromatic heterocycles. The standard InChI is InChI=1S/C17H22O4/c1-3-13-5-7-14(8-6-13)9-18-12-16-15-10-19-17(4-2,21-16)20-11-15/h3,5-8,15-16H,1,4,9-12H2,2H3. The Labute approximate surface area is 125 Å². The maximum atomic E-state index is 5.91. The van der Waals surface area contributed by atoms with Crippen molar-refractivity contribution in [1.29, 1.82) is 0 Å². The Morgan fingerprint density at radius 3 is 2.62 bits per heavy atom. The van der Waals surface area contributed by atoms with Gasteiger partial charge in [0.05, 0.1) is 32.5 Å². The minimum atomic E-state index is -0.839. The van der Waals surface area contributed by atoms with Crippen molar-refractivity contribution in [2.45, 2.75) is 32.0 Å². The first-order valence-electron chi connectivity index (χ1n) is 7.49. The van der Waals surface area contributed by atoms with Gasteiger partial charge in [-0.15, -0.1) is 0 Å². The van der Waals surface area contributed by atoms with Crippen molar-refractivity contribution in [2.75, 3.05) is 19.8 Å². The van der Waals surface area contributed by atoms with Gasteiger partial charge in [-0.25, -0.2) is 0 Å². The quantitative estimate of drug-likeness (QED) is 0.807. The van der Waals surface area contributed by atoms with Crippen LogP contribution in [-0.2, 0) is 25.6 Å². The summed E-state index contributed by atoms with van der Waals surface area (Å²) in [4.78, 5) is 0. The predicted octanol–water partition coefficient (Wildman–Crippen LogP) is 2.97. The summed E-state index contributed by atoms with van der Waals surface area (Å²) in [5.41, 5.74) is 2.27. The molecule has 3 heterocycles. The van der Waals surface area contributed by atoms with E-state index in [9.17, 15) is 0 Å². The average Bonchev–Trinajstić information content (AvgIpc) is 2.57. The van der Waals surface area contributed by atoms with Gasteiger partial charge in [0.25, 0.3) is 5.97 Å². The molecule has 3 fully saturated rings. The number of ether oxygens (including phenoxy) is 4. The molecule has 1 atom stereocenters. The zero-order valence-electron chi connectivity index (χ0n) is 12.4. The van der Waals surface area contributed by atoms with Gasteiger partial charge in [-0.2, -0.15) is 0 Å². The molecule has 0 N–H and O–H groups in total. The topological polar surface area (TPSA) is 36.9 Å². The largest absolute Gasteiger partial charge is 0.374 e. The second-order valence-corrected chi connectivity index (χ2v) is 5.54. The lowest BCUT2D eigenvalue weighted by Crippen LogP contribution is -2.59. The van der Waals surface area contributed by atoms with Gasteiger partial charge in [0.2, 0.25) is 0 Å². The molecule has 4 nitrogen and oxygen atoms in total. The van der Waals surface area contributed by atoms with Crippen molar-refractivity contribution < 1.29 is 18.9 Å². The third-order valence-corrected chi connectivity index (χ3v) is 4.09. The first kappa shape index (κ1) is 14.7. The van der Waals surface area contributed by atoms with Gasteiger partial charge in [0, 0.05) is 12.3 Å². The van der Waals surface area contributed by atoms with Crippen LogP contribution in [0.1, 0.15) is 24.5 Å². The lowest BCUT2D eigenvalue weighted by molar-refractivity contribution is -0.470. The van der Waals surface area contributed by atoms with Crippen molar-refractivity contribution in [3.05, 3.63) is 42.0 Å². The van der Waals surface area contributed by atoms with Crippen molar-refractivity contribution in [3.63, 3.8) is 0 Å². The van der Waals surface area contributed by atoms with Crippen LogP contribution in [0.2, 0.25) is 0 Å².